The molecule has 0 spiro atoms. The summed E-state index contributed by atoms with van der Waals surface area (Å²) in [6.45, 7) is 0.731. The summed E-state index contributed by atoms with van der Waals surface area (Å²) < 4.78 is 5.12. The number of hydrogen-bond acceptors (Lipinski definition) is 4. The second-order valence-corrected chi connectivity index (χ2v) is 5.30. The molecule has 0 radical (unpaired) electrons. The molecule has 1 aliphatic rings. The number of nitrogens with two attached hydrogens (primary N) is 1. The van der Waals surface area contributed by atoms with Gasteiger partial charge in [0.2, 0.25) is 5.91 Å². The Labute approximate surface area is 140 Å². The van der Waals surface area contributed by atoms with Crippen LogP contribution in [0.15, 0.2) is 12.1 Å². The molecule has 2 amide bonds. The van der Waals surface area contributed by atoms with E-state index in [2.05, 4.69) is 10.6 Å². The van der Waals surface area contributed by atoms with Crippen LogP contribution in [-0.2, 0) is 4.79 Å². The molecule has 0 atom stereocenters. The van der Waals surface area contributed by atoms with Crippen LogP contribution in [0.3, 0.4) is 0 Å². The predicted molar refractivity (Wildman–Crippen MR) is 87.7 cm³/mol. The first-order chi connectivity index (χ1) is 10.0. The van der Waals surface area contributed by atoms with Gasteiger partial charge >= 0.3 is 0 Å². The maximum atomic E-state index is 12.1. The van der Waals surface area contributed by atoms with E-state index in [1.807, 2.05) is 0 Å². The molecule has 4 N–H and O–H groups in total. The summed E-state index contributed by atoms with van der Waals surface area (Å²) in [5.41, 5.74) is 6.32. The first-order valence-corrected chi connectivity index (χ1v) is 7.09. The zero-order valence-corrected chi connectivity index (χ0v) is 13.7. The van der Waals surface area contributed by atoms with Crippen LogP contribution in [0.2, 0.25) is 5.02 Å². The van der Waals surface area contributed by atoms with E-state index >= 15 is 0 Å². The average Bonchev–Trinajstić information content (AvgIpc) is 3.30. The van der Waals surface area contributed by atoms with E-state index in [4.69, 9.17) is 22.1 Å². The van der Waals surface area contributed by atoms with E-state index in [1.54, 1.807) is 0 Å². The molecule has 0 heterocycles. The highest BCUT2D eigenvalue weighted by atomic mass is 35.5. The Morgan fingerprint density at radius 3 is 2.55 bits per heavy atom. The lowest BCUT2D eigenvalue weighted by Crippen LogP contribution is -2.35. The van der Waals surface area contributed by atoms with Crippen molar-refractivity contribution < 1.29 is 14.3 Å². The normalized spacial score (nSPS) is 13.0. The number of rotatable bonds is 6. The number of halogens is 2. The number of anilines is 1. The minimum Gasteiger partial charge on any atom is -0.496 e. The summed E-state index contributed by atoms with van der Waals surface area (Å²) in [5, 5.41) is 5.77. The van der Waals surface area contributed by atoms with Crippen molar-refractivity contribution in [2.24, 2.45) is 5.92 Å². The first-order valence-electron chi connectivity index (χ1n) is 6.72. The van der Waals surface area contributed by atoms with Crippen LogP contribution in [0.1, 0.15) is 23.2 Å². The monoisotopic (exact) mass is 347 g/mol. The van der Waals surface area contributed by atoms with E-state index in [0.717, 1.165) is 12.8 Å². The molecular formula is C14H19Cl2N3O3. The Bertz CT molecular complexity index is 563. The van der Waals surface area contributed by atoms with Gasteiger partial charge in [0.15, 0.2) is 0 Å². The van der Waals surface area contributed by atoms with Crippen molar-refractivity contribution in [3.05, 3.63) is 22.7 Å². The van der Waals surface area contributed by atoms with Crippen molar-refractivity contribution in [3.8, 4) is 5.75 Å². The van der Waals surface area contributed by atoms with Crippen LogP contribution < -0.4 is 21.1 Å². The number of amides is 2. The van der Waals surface area contributed by atoms with Crippen molar-refractivity contribution >= 4 is 41.5 Å². The SMILES string of the molecule is COc1cc(N)c(Cl)cc1C(=O)NCCNC(=O)C1CC1.Cl. The van der Waals surface area contributed by atoms with Gasteiger partial charge in [0.25, 0.3) is 5.91 Å². The Morgan fingerprint density at radius 1 is 1.32 bits per heavy atom. The van der Waals surface area contributed by atoms with Crippen molar-refractivity contribution in [2.45, 2.75) is 12.8 Å². The van der Waals surface area contributed by atoms with Crippen molar-refractivity contribution in [1.82, 2.24) is 10.6 Å². The number of benzene rings is 1. The lowest BCUT2D eigenvalue weighted by molar-refractivity contribution is -0.122. The molecule has 6 nitrogen and oxygen atoms in total. The molecule has 1 saturated carbocycles. The second-order valence-electron chi connectivity index (χ2n) is 4.90. The third-order valence-corrected chi connectivity index (χ3v) is 3.55. The molecule has 1 aromatic carbocycles. The molecule has 1 aromatic rings. The van der Waals surface area contributed by atoms with Gasteiger partial charge in [-0.25, -0.2) is 0 Å². The van der Waals surface area contributed by atoms with Gasteiger partial charge in [0.1, 0.15) is 5.75 Å². The van der Waals surface area contributed by atoms with E-state index < -0.39 is 0 Å². The Balaban J connectivity index is 0.00000242. The molecule has 122 valence electrons. The van der Waals surface area contributed by atoms with Gasteiger partial charge in [0, 0.05) is 25.1 Å². The van der Waals surface area contributed by atoms with Gasteiger partial charge in [-0.1, -0.05) is 11.6 Å². The van der Waals surface area contributed by atoms with Gasteiger partial charge in [-0.3, -0.25) is 9.59 Å². The molecular weight excluding hydrogens is 329 g/mol. The average molecular weight is 348 g/mol. The van der Waals surface area contributed by atoms with Gasteiger partial charge < -0.3 is 21.1 Å². The van der Waals surface area contributed by atoms with Crippen LogP contribution in [0.5, 0.6) is 5.75 Å². The smallest absolute Gasteiger partial charge is 0.255 e. The summed E-state index contributed by atoms with van der Waals surface area (Å²) in [4.78, 5) is 23.5. The molecule has 8 heteroatoms. The van der Waals surface area contributed by atoms with E-state index in [-0.39, 0.29) is 30.1 Å². The number of methoxy groups -OCH3 is 1. The number of carbonyl (C=O) groups excluding carboxylic acids is 2. The van der Waals surface area contributed by atoms with Crippen LogP contribution in [0, 0.1) is 5.92 Å². The molecule has 0 unspecified atom stereocenters. The standard InChI is InChI=1S/C14H18ClN3O3.ClH/c1-21-12-7-11(16)10(15)6-9(12)14(20)18-5-4-17-13(19)8-2-3-8;/h6-8H,2-5,16H2,1H3,(H,17,19)(H,18,20);1H. The zero-order chi connectivity index (χ0) is 15.4. The van der Waals surface area contributed by atoms with E-state index in [1.165, 1.54) is 19.2 Å². The fourth-order valence-corrected chi connectivity index (χ4v) is 2.03. The van der Waals surface area contributed by atoms with Gasteiger partial charge in [-0.2, -0.15) is 0 Å². The van der Waals surface area contributed by atoms with Gasteiger partial charge in [0.05, 0.1) is 23.4 Å². The fraction of sp³-hybridized carbons (Fsp3) is 0.429. The van der Waals surface area contributed by atoms with E-state index in [0.29, 0.717) is 35.1 Å². The molecule has 0 aromatic heterocycles. The highest BCUT2D eigenvalue weighted by Gasteiger charge is 2.29. The topological polar surface area (TPSA) is 93.4 Å². The Hall–Kier alpha value is -1.66. The minimum absolute atomic E-state index is 0. The lowest BCUT2D eigenvalue weighted by Gasteiger charge is -2.11. The highest BCUT2D eigenvalue weighted by Crippen LogP contribution is 2.29. The predicted octanol–water partition coefficient (Wildman–Crippen LogP) is 1.61. The number of hydrogen-bond donors (Lipinski definition) is 3. The molecule has 0 bridgehead atoms. The fourth-order valence-electron chi connectivity index (χ4n) is 1.86. The quantitative estimate of drug-likeness (QED) is 0.538. The van der Waals surface area contributed by atoms with Crippen LogP contribution in [0.25, 0.3) is 0 Å². The molecule has 0 saturated heterocycles. The van der Waals surface area contributed by atoms with Crippen molar-refractivity contribution in [1.29, 1.82) is 0 Å². The molecule has 2 rings (SSSR count). The lowest BCUT2D eigenvalue weighted by atomic mass is 10.1. The second kappa shape index (κ2) is 8.10. The summed E-state index contributed by atoms with van der Waals surface area (Å²) in [5.74, 6) is 0.250. The third kappa shape index (κ3) is 4.68. The first kappa shape index (κ1) is 18.4. The largest absolute Gasteiger partial charge is 0.496 e. The number of carbonyl (C=O) groups is 2. The van der Waals surface area contributed by atoms with E-state index in [9.17, 15) is 9.59 Å². The summed E-state index contributed by atoms with van der Waals surface area (Å²) in [6.07, 6.45) is 1.92. The minimum atomic E-state index is -0.325. The zero-order valence-electron chi connectivity index (χ0n) is 12.1. The molecule has 0 aliphatic heterocycles. The number of nitrogen functional groups attached to an aromatic ring is 1. The van der Waals surface area contributed by atoms with Crippen LogP contribution in [-0.4, -0.2) is 32.0 Å². The Kier molecular flexibility index (Phi) is 6.77. The maximum Gasteiger partial charge on any atom is 0.255 e. The molecule has 1 fully saturated rings. The highest BCUT2D eigenvalue weighted by molar-refractivity contribution is 6.33. The van der Waals surface area contributed by atoms with Crippen LogP contribution in [0.4, 0.5) is 5.69 Å². The third-order valence-electron chi connectivity index (χ3n) is 3.22. The van der Waals surface area contributed by atoms with Gasteiger partial charge in [-0.15, -0.1) is 12.4 Å². The maximum absolute atomic E-state index is 12.1. The van der Waals surface area contributed by atoms with Crippen molar-refractivity contribution in [3.63, 3.8) is 0 Å². The number of ether oxygens (including phenoxy) is 1. The Morgan fingerprint density at radius 2 is 1.95 bits per heavy atom. The molecule has 1 aliphatic carbocycles. The van der Waals surface area contributed by atoms with Crippen molar-refractivity contribution in [2.75, 3.05) is 25.9 Å². The van der Waals surface area contributed by atoms with Gasteiger partial charge in [-0.05, 0) is 18.9 Å². The summed E-state index contributed by atoms with van der Waals surface area (Å²) in [6, 6.07) is 2.97. The summed E-state index contributed by atoms with van der Waals surface area (Å²) in [7, 11) is 1.45. The number of nitrogens with one attached hydrogen (secondary N) is 2. The molecule has 22 heavy (non-hydrogen) atoms. The van der Waals surface area contributed by atoms with Crippen LogP contribution >= 0.6 is 24.0 Å². The summed E-state index contributed by atoms with van der Waals surface area (Å²) >= 11 is 5.91.